The van der Waals surface area contributed by atoms with Gasteiger partial charge in [-0.3, -0.25) is 24.2 Å². The third-order valence-electron chi connectivity index (χ3n) is 5.30. The third-order valence-corrected chi connectivity index (χ3v) is 5.30. The molecule has 0 saturated heterocycles. The molecule has 0 fully saturated rings. The van der Waals surface area contributed by atoms with Crippen molar-refractivity contribution >= 4 is 29.6 Å². The first-order valence-corrected chi connectivity index (χ1v) is 12.1. The number of carboxylic acid groups (broad SMARTS) is 1. The number of carbonyl (C=O) groups excluding carboxylic acids is 1. The van der Waals surface area contributed by atoms with E-state index in [0.717, 1.165) is 16.9 Å². The number of nitrogens with zero attached hydrogens (tertiary/aromatic N) is 5. The smallest absolute Gasteiger partial charge is 0.290 e. The van der Waals surface area contributed by atoms with E-state index in [9.17, 15) is 4.79 Å². The van der Waals surface area contributed by atoms with Gasteiger partial charge in [0.1, 0.15) is 17.2 Å². The fourth-order valence-electron chi connectivity index (χ4n) is 3.44. The first-order valence-electron chi connectivity index (χ1n) is 12.1. The molecule has 39 heavy (non-hydrogen) atoms. The van der Waals surface area contributed by atoms with Gasteiger partial charge in [0.15, 0.2) is 0 Å². The average molecular weight is 534 g/mol. The summed E-state index contributed by atoms with van der Waals surface area (Å²) in [5.41, 5.74) is 4.79. The maximum Gasteiger partial charge on any atom is 0.290 e. The topological polar surface area (TPSA) is 153 Å². The van der Waals surface area contributed by atoms with E-state index in [1.165, 1.54) is 0 Å². The van der Waals surface area contributed by atoms with E-state index in [-0.39, 0.29) is 18.1 Å². The number of carbonyl (C=O) groups is 2. The van der Waals surface area contributed by atoms with Gasteiger partial charge in [0.2, 0.25) is 0 Å². The van der Waals surface area contributed by atoms with Gasteiger partial charge in [-0.05, 0) is 49.7 Å². The van der Waals surface area contributed by atoms with Crippen molar-refractivity contribution in [3.05, 3.63) is 78.0 Å². The summed E-state index contributed by atoms with van der Waals surface area (Å²) in [5.74, 6) is 0.208. The second kappa shape index (κ2) is 14.9. The quantitative estimate of drug-likeness (QED) is 0.192. The molecule has 4 heterocycles. The molecule has 0 atom stereocenters. The van der Waals surface area contributed by atoms with Crippen LogP contribution in [0.15, 0.2) is 61.1 Å². The number of aromatic nitrogens is 5. The second-order valence-electron chi connectivity index (χ2n) is 8.21. The molecule has 4 aromatic heterocycles. The first-order chi connectivity index (χ1) is 18.9. The number of nitrogens with one attached hydrogen (secondary N) is 2. The van der Waals surface area contributed by atoms with E-state index in [0.29, 0.717) is 49.3 Å². The Morgan fingerprint density at radius 1 is 1.08 bits per heavy atom. The van der Waals surface area contributed by atoms with Crippen molar-refractivity contribution < 1.29 is 24.2 Å². The lowest BCUT2D eigenvalue weighted by Crippen LogP contribution is -2.14. The standard InChI is InChI=1S/C26H29N7O3.CH2O2/c1-18-16-28-19(2)15-22(18)30-24-9-6-8-21(29-24)26(34)31-23-17-33(11-12-36-14-13-35-3)32-25(23)20-7-4-5-10-27-20;2-1-3/h4-10,15-17H,11-14H2,1-3H3,(H,31,34)(H,28,29,30);1H,(H,2,3). The van der Waals surface area contributed by atoms with Crippen molar-refractivity contribution in [3.8, 4) is 11.4 Å². The molecule has 12 nitrogen and oxygen atoms in total. The number of hydrogen-bond donors (Lipinski definition) is 3. The van der Waals surface area contributed by atoms with Crippen molar-refractivity contribution in [2.75, 3.05) is 37.6 Å². The van der Waals surface area contributed by atoms with Crippen LogP contribution in [0.3, 0.4) is 0 Å². The van der Waals surface area contributed by atoms with Gasteiger partial charge in [-0.25, -0.2) is 4.98 Å². The van der Waals surface area contributed by atoms with Crippen molar-refractivity contribution in [3.63, 3.8) is 0 Å². The number of aryl methyl sites for hydroxylation is 2. The summed E-state index contributed by atoms with van der Waals surface area (Å²) in [6, 6.07) is 12.8. The minimum atomic E-state index is -0.352. The van der Waals surface area contributed by atoms with E-state index in [1.807, 2.05) is 44.2 Å². The lowest BCUT2D eigenvalue weighted by molar-refractivity contribution is -0.122. The molecule has 0 aliphatic rings. The molecule has 0 aliphatic carbocycles. The monoisotopic (exact) mass is 533 g/mol. The Hall–Kier alpha value is -4.68. The number of hydrogen-bond acceptors (Lipinski definition) is 9. The van der Waals surface area contributed by atoms with Crippen LogP contribution >= 0.6 is 0 Å². The van der Waals surface area contributed by atoms with Gasteiger partial charge in [-0.15, -0.1) is 0 Å². The average Bonchev–Trinajstić information content (AvgIpc) is 3.34. The van der Waals surface area contributed by atoms with Crippen molar-refractivity contribution in [2.24, 2.45) is 0 Å². The fourth-order valence-corrected chi connectivity index (χ4v) is 3.44. The molecule has 1 amide bonds. The maximum atomic E-state index is 13.2. The SMILES string of the molecule is COCCOCCn1cc(NC(=O)c2cccc(Nc3cc(C)ncc3C)n2)c(-c2ccccn2)n1.O=CO. The lowest BCUT2D eigenvalue weighted by atomic mass is 10.2. The predicted molar refractivity (Wildman–Crippen MR) is 146 cm³/mol. The molecule has 0 bridgehead atoms. The van der Waals surface area contributed by atoms with Crippen LogP contribution < -0.4 is 10.6 Å². The van der Waals surface area contributed by atoms with Gasteiger partial charge >= 0.3 is 0 Å². The maximum absolute atomic E-state index is 13.2. The van der Waals surface area contributed by atoms with Crippen LogP contribution in [0.25, 0.3) is 11.4 Å². The molecule has 0 aliphatic heterocycles. The predicted octanol–water partition coefficient (Wildman–Crippen LogP) is 3.71. The molecular formula is C27H31N7O5. The van der Waals surface area contributed by atoms with E-state index < -0.39 is 0 Å². The first kappa shape index (κ1) is 28.9. The number of ether oxygens (including phenoxy) is 2. The molecule has 4 aromatic rings. The van der Waals surface area contributed by atoms with Crippen molar-refractivity contribution in [1.29, 1.82) is 0 Å². The largest absolute Gasteiger partial charge is 0.483 e. The van der Waals surface area contributed by atoms with E-state index in [1.54, 1.807) is 42.5 Å². The number of anilines is 3. The normalized spacial score (nSPS) is 10.3. The zero-order valence-electron chi connectivity index (χ0n) is 22.0. The van der Waals surface area contributed by atoms with Gasteiger partial charge in [-0.2, -0.15) is 5.10 Å². The summed E-state index contributed by atoms with van der Waals surface area (Å²) in [6.45, 7) is 5.65. The second-order valence-corrected chi connectivity index (χ2v) is 8.21. The van der Waals surface area contributed by atoms with Crippen LogP contribution in [0.2, 0.25) is 0 Å². The van der Waals surface area contributed by atoms with E-state index in [2.05, 4.69) is 30.7 Å². The van der Waals surface area contributed by atoms with Crippen molar-refractivity contribution in [2.45, 2.75) is 20.4 Å². The van der Waals surface area contributed by atoms with E-state index >= 15 is 0 Å². The van der Waals surface area contributed by atoms with Crippen LogP contribution in [-0.2, 0) is 20.8 Å². The number of methoxy groups -OCH3 is 1. The summed E-state index contributed by atoms with van der Waals surface area (Å²) in [4.78, 5) is 34.7. The van der Waals surface area contributed by atoms with Gasteiger partial charge in [0.25, 0.3) is 12.4 Å². The Morgan fingerprint density at radius 3 is 2.64 bits per heavy atom. The zero-order valence-corrected chi connectivity index (χ0v) is 22.0. The highest BCUT2D eigenvalue weighted by Crippen LogP contribution is 2.25. The summed E-state index contributed by atoms with van der Waals surface area (Å²) in [5, 5.41) is 17.7. The summed E-state index contributed by atoms with van der Waals surface area (Å²) in [7, 11) is 1.63. The molecule has 0 saturated carbocycles. The minimum Gasteiger partial charge on any atom is -0.483 e. The molecule has 204 valence electrons. The Balaban J connectivity index is 0.00000134. The number of pyridine rings is 3. The summed E-state index contributed by atoms with van der Waals surface area (Å²) in [6.07, 6.45) is 5.26. The molecule has 0 unspecified atom stereocenters. The number of amides is 1. The van der Waals surface area contributed by atoms with Crippen LogP contribution in [0, 0.1) is 13.8 Å². The Labute approximate surface area is 226 Å². The lowest BCUT2D eigenvalue weighted by Gasteiger charge is -2.10. The highest BCUT2D eigenvalue weighted by molar-refractivity contribution is 6.04. The minimum absolute atomic E-state index is 0.250. The molecule has 12 heteroatoms. The molecule has 4 rings (SSSR count). The molecule has 0 aromatic carbocycles. The zero-order chi connectivity index (χ0) is 28.0. The summed E-state index contributed by atoms with van der Waals surface area (Å²) >= 11 is 0. The Kier molecular flexibility index (Phi) is 11.0. The van der Waals surface area contributed by atoms with Crippen molar-refractivity contribution in [1.82, 2.24) is 24.7 Å². The molecule has 3 N–H and O–H groups in total. The number of rotatable bonds is 11. The Morgan fingerprint density at radius 2 is 1.90 bits per heavy atom. The molecule has 0 spiro atoms. The third kappa shape index (κ3) is 8.69. The Bertz CT molecular complexity index is 1360. The summed E-state index contributed by atoms with van der Waals surface area (Å²) < 4.78 is 12.3. The van der Waals surface area contributed by atoms with Crippen LogP contribution in [0.5, 0.6) is 0 Å². The fraction of sp³-hybridized carbons (Fsp3) is 0.259. The molecule has 0 radical (unpaired) electrons. The molecular weight excluding hydrogens is 502 g/mol. The van der Waals surface area contributed by atoms with E-state index in [4.69, 9.17) is 19.4 Å². The van der Waals surface area contributed by atoms with Gasteiger partial charge in [-0.1, -0.05) is 12.1 Å². The van der Waals surface area contributed by atoms with Gasteiger partial charge in [0, 0.05) is 37.1 Å². The van der Waals surface area contributed by atoms with Crippen LogP contribution in [0.4, 0.5) is 17.2 Å². The van der Waals surface area contributed by atoms with Gasteiger partial charge in [0.05, 0.1) is 37.7 Å². The van der Waals surface area contributed by atoms with Gasteiger partial charge < -0.3 is 25.2 Å². The van der Waals surface area contributed by atoms with Crippen LogP contribution in [0.1, 0.15) is 21.7 Å². The highest BCUT2D eigenvalue weighted by Gasteiger charge is 2.17. The highest BCUT2D eigenvalue weighted by atomic mass is 16.5. The van der Waals surface area contributed by atoms with Crippen LogP contribution in [-0.4, -0.2) is 69.1 Å².